The molecule has 25 heavy (non-hydrogen) atoms. The molecule has 3 heteroatoms. The molecular weight excluding hydrogens is 312 g/mol. The zero-order valence-electron chi connectivity index (χ0n) is 16.8. The fraction of sp³-hybridized carbons (Fsp3) is 0.818. The lowest BCUT2D eigenvalue weighted by molar-refractivity contribution is -0.141. The summed E-state index contributed by atoms with van der Waals surface area (Å²) >= 11 is 0. The van der Waals surface area contributed by atoms with Crippen LogP contribution in [0.5, 0.6) is 0 Å². The highest BCUT2D eigenvalue weighted by molar-refractivity contribution is 5.76. The number of rotatable bonds is 7. The van der Waals surface area contributed by atoms with E-state index in [1.54, 1.807) is 0 Å². The Kier molecular flexibility index (Phi) is 6.51. The zero-order chi connectivity index (χ0) is 18.7. The summed E-state index contributed by atoms with van der Waals surface area (Å²) in [5.41, 5.74) is 1.39. The van der Waals surface area contributed by atoms with Crippen molar-refractivity contribution in [3.63, 3.8) is 0 Å². The van der Waals surface area contributed by atoms with Crippen LogP contribution in [0.4, 0.5) is 0 Å². The summed E-state index contributed by atoms with van der Waals surface area (Å²) in [7, 11) is 0. The van der Waals surface area contributed by atoms with Crippen LogP contribution in [-0.2, 0) is 14.3 Å². The third kappa shape index (κ3) is 4.17. The predicted octanol–water partition coefficient (Wildman–Crippen LogP) is 5.33. The molecule has 2 aliphatic carbocycles. The average molecular weight is 349 g/mol. The summed E-state index contributed by atoms with van der Waals surface area (Å²) in [6.07, 6.45) is 11.2. The van der Waals surface area contributed by atoms with Gasteiger partial charge in [-0.15, -0.1) is 0 Å². The molecule has 0 radical (unpaired) electrons. The van der Waals surface area contributed by atoms with Gasteiger partial charge in [-0.05, 0) is 72.7 Å². The van der Waals surface area contributed by atoms with E-state index in [9.17, 15) is 9.59 Å². The quantitative estimate of drug-likeness (QED) is 0.461. The van der Waals surface area contributed by atoms with Crippen LogP contribution in [0.15, 0.2) is 11.6 Å². The van der Waals surface area contributed by atoms with Crippen LogP contribution in [0, 0.1) is 28.6 Å². The Morgan fingerprint density at radius 2 is 2.08 bits per heavy atom. The minimum Gasteiger partial charge on any atom is -0.466 e. The van der Waals surface area contributed by atoms with E-state index in [-0.39, 0.29) is 16.8 Å². The molecule has 0 aromatic carbocycles. The highest BCUT2D eigenvalue weighted by Gasteiger charge is 2.53. The summed E-state index contributed by atoms with van der Waals surface area (Å²) in [6.45, 7) is 11.5. The summed E-state index contributed by atoms with van der Waals surface area (Å²) in [5.74, 6) is 1.65. The fourth-order valence-electron chi connectivity index (χ4n) is 5.43. The first-order valence-corrected chi connectivity index (χ1v) is 10.0. The molecule has 0 heterocycles. The van der Waals surface area contributed by atoms with E-state index in [1.807, 2.05) is 0 Å². The van der Waals surface area contributed by atoms with E-state index >= 15 is 0 Å². The van der Waals surface area contributed by atoms with Crippen LogP contribution in [-0.4, -0.2) is 18.9 Å². The zero-order valence-corrected chi connectivity index (χ0v) is 16.8. The topological polar surface area (TPSA) is 43.4 Å². The minimum absolute atomic E-state index is 0.0578. The lowest BCUT2D eigenvalue weighted by atomic mass is 9.47. The Labute approximate surface area is 153 Å². The van der Waals surface area contributed by atoms with E-state index < -0.39 is 0 Å². The van der Waals surface area contributed by atoms with Crippen LogP contribution in [0.2, 0.25) is 0 Å². The van der Waals surface area contributed by atoms with Gasteiger partial charge in [0.25, 0.3) is 0 Å². The maximum absolute atomic E-state index is 11.6. The number of aldehydes is 1. The first kappa shape index (κ1) is 20.2. The molecule has 5 unspecified atom stereocenters. The average Bonchev–Trinajstić information content (AvgIpc) is 2.56. The number of carbonyl (C=O) groups excluding carboxylic acids is 2. The van der Waals surface area contributed by atoms with Gasteiger partial charge in [0, 0.05) is 6.92 Å². The number of esters is 1. The van der Waals surface area contributed by atoms with E-state index in [1.165, 1.54) is 26.2 Å². The van der Waals surface area contributed by atoms with Crippen molar-refractivity contribution >= 4 is 12.3 Å². The third-order valence-corrected chi connectivity index (χ3v) is 7.49. The van der Waals surface area contributed by atoms with Gasteiger partial charge in [0.05, 0.1) is 6.61 Å². The maximum Gasteiger partial charge on any atom is 0.302 e. The van der Waals surface area contributed by atoms with Gasteiger partial charge in [-0.3, -0.25) is 9.59 Å². The lowest BCUT2D eigenvalue weighted by Crippen LogP contribution is -2.50. The number of fused-ring (bicyclic) bond motifs is 1. The van der Waals surface area contributed by atoms with Crippen LogP contribution in [0.3, 0.4) is 0 Å². The number of hydrogen-bond donors (Lipinski definition) is 0. The van der Waals surface area contributed by atoms with Crippen LogP contribution in [0.1, 0.15) is 79.6 Å². The highest BCUT2D eigenvalue weighted by Crippen LogP contribution is 2.61. The van der Waals surface area contributed by atoms with E-state index in [4.69, 9.17) is 4.74 Å². The van der Waals surface area contributed by atoms with Crippen molar-refractivity contribution in [1.82, 2.24) is 0 Å². The monoisotopic (exact) mass is 348 g/mol. The second kappa shape index (κ2) is 8.05. The molecule has 0 amide bonds. The second-order valence-corrected chi connectivity index (χ2v) is 9.04. The van der Waals surface area contributed by atoms with Crippen molar-refractivity contribution in [3.05, 3.63) is 11.6 Å². The molecular formula is C22H36O3. The van der Waals surface area contributed by atoms with Crippen molar-refractivity contribution < 1.29 is 14.3 Å². The number of hydrogen-bond acceptors (Lipinski definition) is 3. The summed E-state index contributed by atoms with van der Waals surface area (Å²) < 4.78 is 5.10. The van der Waals surface area contributed by atoms with Gasteiger partial charge in [-0.25, -0.2) is 0 Å². The molecule has 0 aliphatic heterocycles. The Hall–Kier alpha value is -1.12. The van der Waals surface area contributed by atoms with Crippen molar-refractivity contribution in [2.24, 2.45) is 28.6 Å². The molecule has 1 saturated carbocycles. The largest absolute Gasteiger partial charge is 0.466 e. The first-order valence-electron chi connectivity index (χ1n) is 10.0. The normalized spacial score (nSPS) is 36.1. The second-order valence-electron chi connectivity index (χ2n) is 9.04. The van der Waals surface area contributed by atoms with Crippen molar-refractivity contribution in [1.29, 1.82) is 0 Å². The Morgan fingerprint density at radius 1 is 1.36 bits per heavy atom. The SMILES string of the molecule is CC(=O)OCCC(C)CCC1(C)C(C)CCC2(C)C(C=O)=CCCC21. The fourth-order valence-corrected chi connectivity index (χ4v) is 5.43. The van der Waals surface area contributed by atoms with Crippen LogP contribution in [0.25, 0.3) is 0 Å². The molecule has 2 rings (SSSR count). The lowest BCUT2D eigenvalue weighted by Gasteiger charge is -2.57. The summed E-state index contributed by atoms with van der Waals surface area (Å²) in [4.78, 5) is 22.6. The molecule has 0 aromatic rings. The molecule has 0 N–H and O–H groups in total. The van der Waals surface area contributed by atoms with Crippen molar-refractivity contribution in [2.75, 3.05) is 6.61 Å². The van der Waals surface area contributed by atoms with Gasteiger partial charge < -0.3 is 4.74 Å². The van der Waals surface area contributed by atoms with E-state index in [0.717, 1.165) is 37.5 Å². The molecule has 0 saturated heterocycles. The Morgan fingerprint density at radius 3 is 2.72 bits per heavy atom. The molecule has 0 bridgehead atoms. The summed E-state index contributed by atoms with van der Waals surface area (Å²) in [6, 6.07) is 0. The molecule has 2 aliphatic rings. The molecule has 5 atom stereocenters. The standard InChI is InChI=1S/C22H36O3/c1-16(11-14-25-18(3)24)9-12-21(4)17(2)10-13-22(5)19(15-23)7-6-8-20(21)22/h7,15-17,20H,6,8-14H2,1-5H3. The minimum atomic E-state index is -0.189. The molecule has 0 aromatic heterocycles. The summed E-state index contributed by atoms with van der Waals surface area (Å²) in [5, 5.41) is 0. The third-order valence-electron chi connectivity index (χ3n) is 7.49. The molecule has 3 nitrogen and oxygen atoms in total. The highest BCUT2D eigenvalue weighted by atomic mass is 16.5. The number of allylic oxidation sites excluding steroid dienone is 2. The van der Waals surface area contributed by atoms with Gasteiger partial charge in [0.1, 0.15) is 6.29 Å². The Bertz CT molecular complexity index is 523. The predicted molar refractivity (Wildman–Crippen MR) is 101 cm³/mol. The van der Waals surface area contributed by atoms with E-state index in [2.05, 4.69) is 33.8 Å². The van der Waals surface area contributed by atoms with Crippen LogP contribution >= 0.6 is 0 Å². The molecule has 1 fully saturated rings. The van der Waals surface area contributed by atoms with Gasteiger partial charge in [0.2, 0.25) is 0 Å². The van der Waals surface area contributed by atoms with Crippen molar-refractivity contribution in [2.45, 2.75) is 79.6 Å². The Balaban J connectivity index is 2.05. The van der Waals surface area contributed by atoms with Gasteiger partial charge in [-0.1, -0.05) is 40.2 Å². The molecule has 0 spiro atoms. The van der Waals surface area contributed by atoms with Crippen LogP contribution < -0.4 is 0 Å². The molecule has 142 valence electrons. The van der Waals surface area contributed by atoms with Crippen molar-refractivity contribution in [3.8, 4) is 0 Å². The smallest absolute Gasteiger partial charge is 0.302 e. The maximum atomic E-state index is 11.6. The van der Waals surface area contributed by atoms with Gasteiger partial charge in [0.15, 0.2) is 0 Å². The van der Waals surface area contributed by atoms with E-state index in [0.29, 0.717) is 24.4 Å². The number of carbonyl (C=O) groups is 2. The first-order chi connectivity index (χ1) is 11.7. The van der Waals surface area contributed by atoms with Gasteiger partial charge >= 0.3 is 5.97 Å². The van der Waals surface area contributed by atoms with Gasteiger partial charge in [-0.2, -0.15) is 0 Å². The number of ether oxygens (including phenoxy) is 1.